The minimum absolute atomic E-state index is 0.00339. The quantitative estimate of drug-likeness (QED) is 0.558. The number of H-pyrrole nitrogens is 1. The normalized spacial score (nSPS) is 10.8. The van der Waals surface area contributed by atoms with Gasteiger partial charge in [-0.1, -0.05) is 0 Å². The molecule has 0 spiro atoms. The van der Waals surface area contributed by atoms with Crippen molar-refractivity contribution in [3.05, 3.63) is 20.8 Å². The zero-order valence-corrected chi connectivity index (χ0v) is 12.3. The van der Waals surface area contributed by atoms with Crippen LogP contribution in [-0.2, 0) is 11.8 Å². The second kappa shape index (κ2) is 6.38. The smallest absolute Gasteiger partial charge is 0.329 e. The summed E-state index contributed by atoms with van der Waals surface area (Å²) in [6.07, 6.45) is 0. The number of nitrogens with one attached hydrogen (secondary N) is 2. The molecule has 1 heterocycles. The second-order valence-corrected chi connectivity index (χ2v) is 4.64. The van der Waals surface area contributed by atoms with E-state index in [4.69, 9.17) is 5.73 Å². The van der Waals surface area contributed by atoms with Crippen molar-refractivity contribution in [3.8, 4) is 0 Å². The number of anilines is 2. The lowest BCUT2D eigenvalue weighted by molar-refractivity contribution is -0.888. The third-order valence-electron chi connectivity index (χ3n) is 3.45. The van der Waals surface area contributed by atoms with Crippen LogP contribution >= 0.6 is 0 Å². The number of rotatable bonds is 5. The van der Waals surface area contributed by atoms with Crippen molar-refractivity contribution in [2.75, 3.05) is 37.3 Å². The molecule has 0 saturated heterocycles. The van der Waals surface area contributed by atoms with Gasteiger partial charge in [-0.15, -0.1) is 0 Å². The Morgan fingerprint density at radius 3 is 2.40 bits per heavy atom. The lowest BCUT2D eigenvalue weighted by Gasteiger charge is -2.21. The van der Waals surface area contributed by atoms with E-state index in [1.165, 1.54) is 19.0 Å². The zero-order chi connectivity index (χ0) is 15.4. The molecule has 20 heavy (non-hydrogen) atoms. The molecular formula is C12H22N5O3+. The minimum Gasteiger partial charge on any atom is -0.383 e. The van der Waals surface area contributed by atoms with Gasteiger partial charge in [0.1, 0.15) is 5.82 Å². The fraction of sp³-hybridized carbons (Fsp3) is 0.583. The summed E-state index contributed by atoms with van der Waals surface area (Å²) in [4.78, 5) is 39.9. The third-order valence-corrected chi connectivity index (χ3v) is 3.45. The first-order chi connectivity index (χ1) is 9.33. The average molecular weight is 284 g/mol. The van der Waals surface area contributed by atoms with Gasteiger partial charge in [-0.05, 0) is 13.8 Å². The van der Waals surface area contributed by atoms with E-state index in [1.54, 1.807) is 0 Å². The summed E-state index contributed by atoms with van der Waals surface area (Å²) in [6, 6.07) is 0. The average Bonchev–Trinajstić information content (AvgIpc) is 2.41. The monoisotopic (exact) mass is 284 g/mol. The van der Waals surface area contributed by atoms with Gasteiger partial charge in [0.05, 0.1) is 13.1 Å². The number of aromatic amines is 1. The molecule has 0 aliphatic carbocycles. The van der Waals surface area contributed by atoms with E-state index in [9.17, 15) is 14.4 Å². The third kappa shape index (κ3) is 3.08. The van der Waals surface area contributed by atoms with E-state index in [0.29, 0.717) is 0 Å². The van der Waals surface area contributed by atoms with E-state index in [2.05, 4.69) is 4.98 Å². The molecule has 0 unspecified atom stereocenters. The Kier molecular flexibility index (Phi) is 5.09. The summed E-state index contributed by atoms with van der Waals surface area (Å²) >= 11 is 0. The van der Waals surface area contributed by atoms with Crippen LogP contribution in [0.4, 0.5) is 11.5 Å². The van der Waals surface area contributed by atoms with Gasteiger partial charge in [0.15, 0.2) is 12.2 Å². The Labute approximate surface area is 116 Å². The largest absolute Gasteiger partial charge is 0.383 e. The predicted molar refractivity (Wildman–Crippen MR) is 77.0 cm³/mol. The highest BCUT2D eigenvalue weighted by atomic mass is 16.2. The summed E-state index contributed by atoms with van der Waals surface area (Å²) in [5, 5.41) is 0. The van der Waals surface area contributed by atoms with Crippen LogP contribution in [0.1, 0.15) is 13.8 Å². The molecule has 0 aliphatic rings. The summed E-state index contributed by atoms with van der Waals surface area (Å²) in [5.41, 5.74) is 4.50. The maximum absolute atomic E-state index is 12.2. The number of aromatic nitrogens is 2. The van der Waals surface area contributed by atoms with Gasteiger partial charge in [-0.2, -0.15) is 0 Å². The highest BCUT2D eigenvalue weighted by molar-refractivity contribution is 5.95. The number of quaternary nitrogens is 1. The highest BCUT2D eigenvalue weighted by Gasteiger charge is 2.22. The number of likely N-dealkylation sites (N-methyl/N-ethyl adjacent to an activating group) is 2. The summed E-state index contributed by atoms with van der Waals surface area (Å²) in [5.74, 6) is -0.247. The predicted octanol–water partition coefficient (Wildman–Crippen LogP) is -2.46. The van der Waals surface area contributed by atoms with Crippen LogP contribution in [0.2, 0.25) is 0 Å². The Morgan fingerprint density at radius 2 is 1.90 bits per heavy atom. The lowest BCUT2D eigenvalue weighted by atomic mass is 10.3. The topological polar surface area (TPSA) is 106 Å². The Balaban J connectivity index is 3.13. The minimum atomic E-state index is -0.656. The Bertz CT molecular complexity index is 600. The molecule has 0 fully saturated rings. The highest BCUT2D eigenvalue weighted by Crippen LogP contribution is 2.13. The molecule has 0 aliphatic heterocycles. The fourth-order valence-electron chi connectivity index (χ4n) is 1.91. The van der Waals surface area contributed by atoms with Crippen molar-refractivity contribution in [3.63, 3.8) is 0 Å². The molecule has 4 N–H and O–H groups in total. The van der Waals surface area contributed by atoms with Gasteiger partial charge in [-0.25, -0.2) is 4.79 Å². The van der Waals surface area contributed by atoms with Gasteiger partial charge in [0.2, 0.25) is 0 Å². The molecule has 8 heteroatoms. The van der Waals surface area contributed by atoms with E-state index in [-0.39, 0.29) is 24.0 Å². The maximum Gasteiger partial charge on any atom is 0.329 e. The summed E-state index contributed by atoms with van der Waals surface area (Å²) in [7, 11) is 2.92. The number of hydrogen-bond acceptors (Lipinski definition) is 4. The van der Waals surface area contributed by atoms with Crippen molar-refractivity contribution < 1.29 is 9.69 Å². The molecule has 0 aromatic carbocycles. The van der Waals surface area contributed by atoms with Crippen LogP contribution < -0.4 is 26.8 Å². The number of nitrogens with two attached hydrogens (primary N) is 1. The standard InChI is InChI=1S/C12H21N5O3/c1-5-17(6-2)7-8(18)15(3)9-10(13)16(4)12(20)14-11(9)19/h5-7,13H2,1-4H3,(H,14,19,20)/p+1. The van der Waals surface area contributed by atoms with E-state index in [1.807, 2.05) is 13.8 Å². The second-order valence-electron chi connectivity index (χ2n) is 4.64. The Morgan fingerprint density at radius 1 is 1.35 bits per heavy atom. The SMILES string of the molecule is CC[NH+](CC)CC(=O)N(C)c1c(N)n(C)c(=O)[nH]c1=O. The van der Waals surface area contributed by atoms with Crippen molar-refractivity contribution in [2.24, 2.45) is 7.05 Å². The lowest BCUT2D eigenvalue weighted by Crippen LogP contribution is -3.12. The summed E-state index contributed by atoms with van der Waals surface area (Å²) < 4.78 is 1.10. The summed E-state index contributed by atoms with van der Waals surface area (Å²) in [6.45, 7) is 5.87. The van der Waals surface area contributed by atoms with Crippen molar-refractivity contribution in [1.29, 1.82) is 0 Å². The van der Waals surface area contributed by atoms with Gasteiger partial charge >= 0.3 is 5.69 Å². The number of amides is 1. The van der Waals surface area contributed by atoms with Crippen molar-refractivity contribution in [2.45, 2.75) is 13.8 Å². The molecule has 0 atom stereocenters. The molecule has 0 saturated carbocycles. The molecule has 1 aromatic rings. The fourth-order valence-corrected chi connectivity index (χ4v) is 1.91. The van der Waals surface area contributed by atoms with Gasteiger partial charge < -0.3 is 15.5 Å². The van der Waals surface area contributed by atoms with Gasteiger partial charge in [0.25, 0.3) is 11.5 Å². The molecular weight excluding hydrogens is 262 g/mol. The van der Waals surface area contributed by atoms with Crippen LogP contribution in [0.3, 0.4) is 0 Å². The van der Waals surface area contributed by atoms with Crippen LogP contribution in [0.25, 0.3) is 0 Å². The number of hydrogen-bond donors (Lipinski definition) is 3. The molecule has 0 radical (unpaired) electrons. The van der Waals surface area contributed by atoms with Gasteiger partial charge in [-0.3, -0.25) is 19.1 Å². The molecule has 1 amide bonds. The maximum atomic E-state index is 12.2. The number of carbonyl (C=O) groups excluding carboxylic acids is 1. The van der Waals surface area contributed by atoms with Crippen LogP contribution in [0.15, 0.2) is 9.59 Å². The van der Waals surface area contributed by atoms with E-state index >= 15 is 0 Å². The molecule has 1 aromatic heterocycles. The number of carbonyl (C=O) groups is 1. The van der Waals surface area contributed by atoms with Crippen molar-refractivity contribution in [1.82, 2.24) is 9.55 Å². The molecule has 8 nitrogen and oxygen atoms in total. The van der Waals surface area contributed by atoms with Crippen LogP contribution in [0, 0.1) is 0 Å². The Hall–Kier alpha value is -2.09. The number of nitrogens with zero attached hydrogens (tertiary/aromatic N) is 2. The van der Waals surface area contributed by atoms with Gasteiger partial charge in [0, 0.05) is 14.1 Å². The molecule has 1 rings (SSSR count). The first kappa shape index (κ1) is 16.0. The van der Waals surface area contributed by atoms with Crippen molar-refractivity contribution >= 4 is 17.4 Å². The first-order valence-electron chi connectivity index (χ1n) is 6.52. The van der Waals surface area contributed by atoms with E-state index < -0.39 is 11.2 Å². The zero-order valence-electron chi connectivity index (χ0n) is 12.3. The molecule has 0 bridgehead atoms. The first-order valence-corrected chi connectivity index (χ1v) is 6.52. The van der Waals surface area contributed by atoms with E-state index in [0.717, 1.165) is 22.6 Å². The van der Waals surface area contributed by atoms with Crippen LogP contribution in [0.5, 0.6) is 0 Å². The van der Waals surface area contributed by atoms with Crippen LogP contribution in [-0.4, -0.2) is 42.1 Å². The molecule has 112 valence electrons. The number of nitrogen functional groups attached to an aromatic ring is 1.